The first kappa shape index (κ1) is 21.7. The van der Waals surface area contributed by atoms with Crippen LogP contribution in [0.5, 0.6) is 0 Å². The minimum atomic E-state index is -3.83. The molecule has 2 aromatic heterocycles. The van der Waals surface area contributed by atoms with Crippen LogP contribution in [-0.4, -0.2) is 41.5 Å². The van der Waals surface area contributed by atoms with Crippen molar-refractivity contribution in [1.82, 2.24) is 19.3 Å². The van der Waals surface area contributed by atoms with E-state index < -0.39 is 10.0 Å². The van der Waals surface area contributed by atoms with E-state index in [1.807, 2.05) is 12.1 Å². The maximum Gasteiger partial charge on any atom is 0.267 e. The molecule has 1 atom stereocenters. The summed E-state index contributed by atoms with van der Waals surface area (Å²) in [6, 6.07) is 9.54. The third kappa shape index (κ3) is 3.90. The molecule has 1 aliphatic rings. The van der Waals surface area contributed by atoms with Gasteiger partial charge < -0.3 is 10.6 Å². The third-order valence-electron chi connectivity index (χ3n) is 5.41. The molecule has 0 radical (unpaired) electrons. The average Bonchev–Trinajstić information content (AvgIpc) is 3.45. The molecule has 3 aromatic rings. The van der Waals surface area contributed by atoms with Crippen LogP contribution < -0.4 is 10.6 Å². The van der Waals surface area contributed by atoms with E-state index in [1.165, 1.54) is 16.4 Å². The highest BCUT2D eigenvalue weighted by molar-refractivity contribution is 7.94. The molecule has 8 nitrogen and oxygen atoms in total. The summed E-state index contributed by atoms with van der Waals surface area (Å²) in [5.74, 6) is 0.412. The second-order valence-electron chi connectivity index (χ2n) is 7.45. The highest BCUT2D eigenvalue weighted by Crippen LogP contribution is 2.34. The van der Waals surface area contributed by atoms with Gasteiger partial charge in [-0.25, -0.2) is 22.4 Å². The molecule has 0 bridgehead atoms. The fraction of sp³-hybridized carbons (Fsp3) is 0.261. The molecule has 0 aliphatic carbocycles. The quantitative estimate of drug-likeness (QED) is 0.556. The molecule has 3 heterocycles. The number of aromatic nitrogens is 3. The molecule has 4 rings (SSSR count). The van der Waals surface area contributed by atoms with E-state index >= 15 is 0 Å². The summed E-state index contributed by atoms with van der Waals surface area (Å²) in [4.78, 5) is 9.09. The van der Waals surface area contributed by atoms with E-state index in [4.69, 9.17) is 0 Å². The summed E-state index contributed by atoms with van der Waals surface area (Å²) in [5.41, 5.74) is 1.75. The molecule has 1 aromatic carbocycles. The molecule has 0 spiro atoms. The van der Waals surface area contributed by atoms with Crippen LogP contribution in [0.4, 0.5) is 5.95 Å². The van der Waals surface area contributed by atoms with Crippen molar-refractivity contribution in [3.63, 3.8) is 0 Å². The Morgan fingerprint density at radius 2 is 2.16 bits per heavy atom. The number of hydrogen-bond donors (Lipinski definition) is 2. The lowest BCUT2D eigenvalue weighted by atomic mass is 10.1. The summed E-state index contributed by atoms with van der Waals surface area (Å²) < 4.78 is 28.0. The van der Waals surface area contributed by atoms with Gasteiger partial charge in [-0.2, -0.15) is 5.26 Å². The fourth-order valence-electron chi connectivity index (χ4n) is 3.85. The molecule has 0 saturated carbocycles. The Hall–Kier alpha value is -3.48. The smallest absolute Gasteiger partial charge is 0.267 e. The zero-order chi connectivity index (χ0) is 22.7. The van der Waals surface area contributed by atoms with E-state index in [2.05, 4.69) is 26.7 Å². The topological polar surface area (TPSA) is 113 Å². The Balaban J connectivity index is 1.90. The van der Waals surface area contributed by atoms with Crippen LogP contribution in [0.1, 0.15) is 25.8 Å². The number of benzene rings is 1. The first-order valence-corrected chi connectivity index (χ1v) is 11.8. The maximum atomic E-state index is 13.4. The van der Waals surface area contributed by atoms with Crippen LogP contribution >= 0.6 is 0 Å². The number of nitrogens with zero attached hydrogens (tertiary/aromatic N) is 4. The lowest BCUT2D eigenvalue weighted by Gasteiger charge is -2.12. The van der Waals surface area contributed by atoms with Gasteiger partial charge in [-0.05, 0) is 39.0 Å². The summed E-state index contributed by atoms with van der Waals surface area (Å²) >= 11 is 0. The van der Waals surface area contributed by atoms with Crippen molar-refractivity contribution in [3.05, 3.63) is 65.4 Å². The number of anilines is 1. The number of allylic oxidation sites excluding steroid dienone is 3. The minimum Gasteiger partial charge on any atom is -0.350 e. The second kappa shape index (κ2) is 8.94. The zero-order valence-corrected chi connectivity index (χ0v) is 18.7. The largest absolute Gasteiger partial charge is 0.350 e. The summed E-state index contributed by atoms with van der Waals surface area (Å²) in [7, 11) is -3.83. The Kier molecular flexibility index (Phi) is 6.08. The first-order valence-electron chi connectivity index (χ1n) is 10.4. The highest BCUT2D eigenvalue weighted by atomic mass is 32.2. The molecular weight excluding hydrogens is 424 g/mol. The predicted molar refractivity (Wildman–Crippen MR) is 125 cm³/mol. The molecule has 2 N–H and O–H groups in total. The first-order chi connectivity index (χ1) is 15.5. The fourth-order valence-corrected chi connectivity index (χ4v) is 5.34. The van der Waals surface area contributed by atoms with Crippen molar-refractivity contribution >= 4 is 26.9 Å². The Labute approximate surface area is 187 Å². The Morgan fingerprint density at radius 1 is 1.34 bits per heavy atom. The summed E-state index contributed by atoms with van der Waals surface area (Å²) in [6.45, 7) is 5.19. The van der Waals surface area contributed by atoms with E-state index in [1.54, 1.807) is 44.2 Å². The van der Waals surface area contributed by atoms with Crippen molar-refractivity contribution in [1.29, 1.82) is 5.26 Å². The van der Waals surface area contributed by atoms with E-state index in [0.29, 0.717) is 28.1 Å². The van der Waals surface area contributed by atoms with E-state index in [0.717, 1.165) is 19.5 Å². The maximum absolute atomic E-state index is 13.4. The van der Waals surface area contributed by atoms with Crippen molar-refractivity contribution in [2.75, 3.05) is 18.4 Å². The van der Waals surface area contributed by atoms with Gasteiger partial charge in [0, 0.05) is 29.7 Å². The van der Waals surface area contributed by atoms with E-state index in [-0.39, 0.29) is 16.5 Å². The van der Waals surface area contributed by atoms with Crippen LogP contribution in [0.2, 0.25) is 0 Å². The average molecular weight is 449 g/mol. The van der Waals surface area contributed by atoms with Crippen molar-refractivity contribution < 1.29 is 8.42 Å². The van der Waals surface area contributed by atoms with Crippen molar-refractivity contribution in [2.45, 2.75) is 26.3 Å². The van der Waals surface area contributed by atoms with E-state index in [9.17, 15) is 13.7 Å². The molecular formula is C23H24N6O2S. The summed E-state index contributed by atoms with van der Waals surface area (Å²) in [5, 5.41) is 17.0. The number of nitrogens with one attached hydrogen (secondary N) is 2. The second-order valence-corrected chi connectivity index (χ2v) is 9.27. The van der Waals surface area contributed by atoms with Crippen molar-refractivity contribution in [3.8, 4) is 17.3 Å². The summed E-state index contributed by atoms with van der Waals surface area (Å²) in [6.07, 6.45) is 8.78. The lowest BCUT2D eigenvalue weighted by molar-refractivity contribution is 0.596. The van der Waals surface area contributed by atoms with Crippen molar-refractivity contribution in [2.24, 2.45) is 0 Å². The third-order valence-corrected chi connectivity index (χ3v) is 7.20. The molecule has 1 aliphatic heterocycles. The molecule has 9 heteroatoms. The SMILES string of the molecule is C/C=C\C(=C/C)S(=O)(=O)n1cc(-c2nc(N[C@@H]3CCNC3)ncc2C#N)c2ccccc21. The monoisotopic (exact) mass is 448 g/mol. The molecule has 0 amide bonds. The number of hydrogen-bond acceptors (Lipinski definition) is 7. The molecule has 164 valence electrons. The van der Waals surface area contributed by atoms with Gasteiger partial charge in [0.1, 0.15) is 6.07 Å². The zero-order valence-electron chi connectivity index (χ0n) is 17.9. The van der Waals surface area contributed by atoms with Crippen LogP contribution in [0.3, 0.4) is 0 Å². The normalized spacial score (nSPS) is 17.2. The number of rotatable bonds is 6. The Morgan fingerprint density at radius 3 is 2.84 bits per heavy atom. The predicted octanol–water partition coefficient (Wildman–Crippen LogP) is 3.40. The van der Waals surface area contributed by atoms with Crippen LogP contribution in [0.15, 0.2) is 59.8 Å². The van der Waals surface area contributed by atoms with Gasteiger partial charge in [0.05, 0.1) is 27.9 Å². The number of para-hydroxylation sites is 1. The standard InChI is InChI=1S/C23H24N6O2S/c1-3-7-18(4-2)32(30,31)29-15-20(19-8-5-6-9-21(19)29)22-16(12-24)13-26-23(28-22)27-17-10-11-25-14-17/h3-9,13,15,17,25H,10-11,14H2,1-2H3,(H,26,27,28)/b7-3-,18-4+/t17-/m1/s1. The molecule has 0 unspecified atom stereocenters. The highest BCUT2D eigenvalue weighted by Gasteiger charge is 2.24. The van der Waals surface area contributed by atoms with Crippen LogP contribution in [-0.2, 0) is 10.0 Å². The molecule has 1 saturated heterocycles. The minimum absolute atomic E-state index is 0.187. The van der Waals surface area contributed by atoms with Gasteiger partial charge in [-0.1, -0.05) is 30.4 Å². The molecule has 32 heavy (non-hydrogen) atoms. The van der Waals surface area contributed by atoms with Gasteiger partial charge in [-0.15, -0.1) is 0 Å². The number of fused-ring (bicyclic) bond motifs is 1. The lowest BCUT2D eigenvalue weighted by Crippen LogP contribution is -2.23. The van der Waals surface area contributed by atoms with Gasteiger partial charge in [0.15, 0.2) is 0 Å². The van der Waals surface area contributed by atoms with Crippen LogP contribution in [0, 0.1) is 11.3 Å². The number of nitriles is 1. The van der Waals surface area contributed by atoms with Crippen LogP contribution in [0.25, 0.3) is 22.2 Å². The van der Waals surface area contributed by atoms with Gasteiger partial charge in [-0.3, -0.25) is 0 Å². The van der Waals surface area contributed by atoms with Gasteiger partial charge >= 0.3 is 0 Å². The van der Waals surface area contributed by atoms with Gasteiger partial charge in [0.2, 0.25) is 5.95 Å². The Bertz CT molecular complexity index is 1360. The van der Waals surface area contributed by atoms with Gasteiger partial charge in [0.25, 0.3) is 10.0 Å². The molecule has 1 fully saturated rings.